The van der Waals surface area contributed by atoms with Crippen LogP contribution < -0.4 is 9.46 Å². The number of aliphatic hydroxyl groups excluding tert-OH is 1. The van der Waals surface area contributed by atoms with E-state index < -0.39 is 22.1 Å². The summed E-state index contributed by atoms with van der Waals surface area (Å²) in [5, 5.41) is 8.56. The van der Waals surface area contributed by atoms with E-state index in [2.05, 4.69) is 9.46 Å². The molecule has 0 aliphatic carbocycles. The van der Waals surface area contributed by atoms with Gasteiger partial charge in [-0.05, 0) is 25.0 Å². The number of unbranched alkanes of at least 4 members (excludes halogenated alkanes) is 1. The molecule has 0 saturated heterocycles. The second-order valence-corrected chi connectivity index (χ2v) is 5.77. The molecule has 114 valence electrons. The van der Waals surface area contributed by atoms with Crippen molar-refractivity contribution in [2.75, 3.05) is 17.1 Å². The summed E-state index contributed by atoms with van der Waals surface area (Å²) in [6.45, 7) is -0.121. The lowest BCUT2D eigenvalue weighted by Gasteiger charge is -2.11. The van der Waals surface area contributed by atoms with Crippen molar-refractivity contribution in [2.24, 2.45) is 0 Å². The van der Waals surface area contributed by atoms with Crippen LogP contribution in [-0.4, -0.2) is 32.2 Å². The lowest BCUT2D eigenvalue weighted by Crippen LogP contribution is -2.18. The maximum absolute atomic E-state index is 12.0. The van der Waals surface area contributed by atoms with Gasteiger partial charge in [-0.15, -0.1) is 13.2 Å². The molecular weight excluding hydrogens is 299 g/mol. The molecule has 2 N–H and O–H groups in total. The van der Waals surface area contributed by atoms with Crippen LogP contribution in [0.15, 0.2) is 24.3 Å². The molecule has 0 saturated carbocycles. The Morgan fingerprint density at radius 2 is 1.95 bits per heavy atom. The minimum absolute atomic E-state index is 0.0178. The van der Waals surface area contributed by atoms with Crippen molar-refractivity contribution in [3.63, 3.8) is 0 Å². The van der Waals surface area contributed by atoms with Crippen molar-refractivity contribution in [1.82, 2.24) is 0 Å². The zero-order valence-electron chi connectivity index (χ0n) is 10.4. The van der Waals surface area contributed by atoms with Crippen molar-refractivity contribution < 1.29 is 31.4 Å². The Hall–Kier alpha value is -1.48. The predicted octanol–water partition coefficient (Wildman–Crippen LogP) is 2.10. The largest absolute Gasteiger partial charge is 0.573 e. The van der Waals surface area contributed by atoms with Gasteiger partial charge in [0.2, 0.25) is 10.0 Å². The number of aliphatic hydroxyl groups is 1. The summed E-state index contributed by atoms with van der Waals surface area (Å²) in [4.78, 5) is 0. The summed E-state index contributed by atoms with van der Waals surface area (Å²) in [6.07, 6.45) is -4.25. The molecule has 0 bridgehead atoms. The fraction of sp³-hybridized carbons (Fsp3) is 0.455. The molecule has 5 nitrogen and oxygen atoms in total. The number of sulfonamides is 1. The summed E-state index contributed by atoms with van der Waals surface area (Å²) < 4.78 is 65.2. The minimum atomic E-state index is -4.83. The highest BCUT2D eigenvalue weighted by Gasteiger charge is 2.31. The van der Waals surface area contributed by atoms with Crippen LogP contribution in [-0.2, 0) is 10.0 Å². The Balaban J connectivity index is 2.70. The van der Waals surface area contributed by atoms with E-state index in [1.807, 2.05) is 0 Å². The van der Waals surface area contributed by atoms with Crippen LogP contribution in [0.3, 0.4) is 0 Å². The number of alkyl halides is 3. The standard InChI is InChI=1S/C11H14F3NO4S/c12-11(13,14)19-10-5-3-4-9(8-10)15-20(17,18)7-2-1-6-16/h3-5,8,15-16H,1-2,6-7H2. The van der Waals surface area contributed by atoms with Crippen molar-refractivity contribution in [1.29, 1.82) is 0 Å². The van der Waals surface area contributed by atoms with Gasteiger partial charge in [0.15, 0.2) is 0 Å². The molecule has 1 aromatic carbocycles. The zero-order chi connectivity index (χ0) is 15.2. The monoisotopic (exact) mass is 313 g/mol. The Morgan fingerprint density at radius 1 is 1.25 bits per heavy atom. The average Bonchev–Trinajstić information content (AvgIpc) is 2.26. The lowest BCUT2D eigenvalue weighted by atomic mass is 10.3. The van der Waals surface area contributed by atoms with Crippen molar-refractivity contribution in [3.05, 3.63) is 24.3 Å². The van der Waals surface area contributed by atoms with Gasteiger partial charge in [-0.2, -0.15) is 0 Å². The van der Waals surface area contributed by atoms with E-state index in [9.17, 15) is 21.6 Å². The SMILES string of the molecule is O=S(=O)(CCCCO)Nc1cccc(OC(F)(F)F)c1. The lowest BCUT2D eigenvalue weighted by molar-refractivity contribution is -0.274. The highest BCUT2D eigenvalue weighted by molar-refractivity contribution is 7.92. The van der Waals surface area contributed by atoms with Crippen molar-refractivity contribution in [2.45, 2.75) is 19.2 Å². The first-order chi connectivity index (χ1) is 9.22. The quantitative estimate of drug-likeness (QED) is 0.756. The predicted molar refractivity (Wildman–Crippen MR) is 66.9 cm³/mol. The van der Waals surface area contributed by atoms with Gasteiger partial charge in [-0.25, -0.2) is 8.42 Å². The number of anilines is 1. The Morgan fingerprint density at radius 3 is 2.55 bits per heavy atom. The molecule has 0 fully saturated rings. The molecule has 20 heavy (non-hydrogen) atoms. The van der Waals surface area contributed by atoms with Gasteiger partial charge >= 0.3 is 6.36 Å². The smallest absolute Gasteiger partial charge is 0.406 e. The second kappa shape index (κ2) is 6.80. The maximum atomic E-state index is 12.0. The number of hydrogen-bond donors (Lipinski definition) is 2. The third-order valence-corrected chi connectivity index (χ3v) is 3.53. The summed E-state index contributed by atoms with van der Waals surface area (Å²) in [5.41, 5.74) is -0.0178. The minimum Gasteiger partial charge on any atom is -0.406 e. The van der Waals surface area contributed by atoms with E-state index >= 15 is 0 Å². The number of ether oxygens (including phenoxy) is 1. The average molecular weight is 313 g/mol. The Kier molecular flexibility index (Phi) is 5.63. The highest BCUT2D eigenvalue weighted by Crippen LogP contribution is 2.25. The molecule has 0 aromatic heterocycles. The van der Waals surface area contributed by atoms with E-state index in [0.717, 1.165) is 12.1 Å². The van der Waals surface area contributed by atoms with Gasteiger partial charge in [0.1, 0.15) is 5.75 Å². The molecular formula is C11H14F3NO4S. The van der Waals surface area contributed by atoms with Crippen LogP contribution in [0, 0.1) is 0 Å². The second-order valence-electron chi connectivity index (χ2n) is 3.93. The zero-order valence-corrected chi connectivity index (χ0v) is 11.2. The van der Waals surface area contributed by atoms with Crippen LogP contribution in [0.2, 0.25) is 0 Å². The van der Waals surface area contributed by atoms with Crippen LogP contribution in [0.25, 0.3) is 0 Å². The first kappa shape index (κ1) is 16.6. The number of benzene rings is 1. The van der Waals surface area contributed by atoms with Gasteiger partial charge in [-0.3, -0.25) is 4.72 Å². The van der Waals surface area contributed by atoms with E-state index in [-0.39, 0.29) is 24.5 Å². The Bertz CT molecular complexity index is 531. The normalized spacial score (nSPS) is 12.2. The number of halogens is 3. The molecule has 1 aromatic rings. The molecule has 9 heteroatoms. The molecule has 0 amide bonds. The molecule has 0 atom stereocenters. The summed E-state index contributed by atoms with van der Waals surface area (Å²) >= 11 is 0. The first-order valence-corrected chi connectivity index (χ1v) is 7.34. The van der Waals surface area contributed by atoms with Crippen LogP contribution in [0.5, 0.6) is 5.75 Å². The number of hydrogen-bond acceptors (Lipinski definition) is 4. The summed E-state index contributed by atoms with van der Waals surface area (Å²) in [7, 11) is -3.67. The summed E-state index contributed by atoms with van der Waals surface area (Å²) in [5.74, 6) is -0.731. The molecule has 0 spiro atoms. The van der Waals surface area contributed by atoms with Gasteiger partial charge in [0.05, 0.1) is 11.4 Å². The number of nitrogens with one attached hydrogen (secondary N) is 1. The van der Waals surface area contributed by atoms with Gasteiger partial charge < -0.3 is 9.84 Å². The molecule has 0 radical (unpaired) electrons. The van der Waals surface area contributed by atoms with Crippen molar-refractivity contribution in [3.8, 4) is 5.75 Å². The van der Waals surface area contributed by atoms with Gasteiger partial charge in [0, 0.05) is 12.7 Å². The third kappa shape index (κ3) is 6.62. The fourth-order valence-corrected chi connectivity index (χ4v) is 2.56. The van der Waals surface area contributed by atoms with Crippen LogP contribution in [0.1, 0.15) is 12.8 Å². The molecule has 0 aliphatic rings. The first-order valence-electron chi connectivity index (χ1n) is 5.69. The highest BCUT2D eigenvalue weighted by atomic mass is 32.2. The molecule has 0 heterocycles. The topological polar surface area (TPSA) is 75.6 Å². The van der Waals surface area contributed by atoms with E-state index in [0.29, 0.717) is 6.42 Å². The molecule has 1 rings (SSSR count). The molecule has 0 aliphatic heterocycles. The number of rotatable bonds is 7. The van der Waals surface area contributed by atoms with Crippen LogP contribution >= 0.6 is 0 Å². The molecule has 0 unspecified atom stereocenters. The van der Waals surface area contributed by atoms with Gasteiger partial charge in [-0.1, -0.05) is 6.07 Å². The fourth-order valence-electron chi connectivity index (χ4n) is 1.39. The van der Waals surface area contributed by atoms with E-state index in [1.165, 1.54) is 12.1 Å². The third-order valence-electron chi connectivity index (χ3n) is 2.16. The summed E-state index contributed by atoms with van der Waals surface area (Å²) in [6, 6.07) is 4.56. The van der Waals surface area contributed by atoms with Crippen molar-refractivity contribution >= 4 is 15.7 Å². The van der Waals surface area contributed by atoms with Crippen LogP contribution in [0.4, 0.5) is 18.9 Å². The van der Waals surface area contributed by atoms with Gasteiger partial charge in [0.25, 0.3) is 0 Å². The van der Waals surface area contributed by atoms with E-state index in [1.54, 1.807) is 0 Å². The Labute approximate surface area is 114 Å². The maximum Gasteiger partial charge on any atom is 0.573 e. The van der Waals surface area contributed by atoms with E-state index in [4.69, 9.17) is 5.11 Å².